The molecule has 0 unspecified atom stereocenters. The summed E-state index contributed by atoms with van der Waals surface area (Å²) >= 11 is 0. The van der Waals surface area contributed by atoms with Gasteiger partial charge in [-0.1, -0.05) is 0 Å². The van der Waals surface area contributed by atoms with Crippen LogP contribution in [0.4, 0.5) is 0 Å². The summed E-state index contributed by atoms with van der Waals surface area (Å²) < 4.78 is 8.88. The first-order valence-corrected chi connectivity index (χ1v) is 2.35. The van der Waals surface area contributed by atoms with Gasteiger partial charge in [0.15, 0.2) is 17.4 Å². The van der Waals surface area contributed by atoms with Gasteiger partial charge in [-0.05, 0) is 0 Å². The predicted octanol–water partition coefficient (Wildman–Crippen LogP) is -2.65. The van der Waals surface area contributed by atoms with Gasteiger partial charge in [-0.25, -0.2) is 4.57 Å². The van der Waals surface area contributed by atoms with E-state index in [4.69, 9.17) is 19.2 Å². The first-order chi connectivity index (χ1) is 2.00. The quantitative estimate of drug-likeness (QED) is 0.281. The van der Waals surface area contributed by atoms with Crippen LogP contribution in [0.15, 0.2) is 0 Å². The van der Waals surface area contributed by atoms with Crippen molar-refractivity contribution in [2.24, 2.45) is 0 Å². The van der Waals surface area contributed by atoms with Crippen molar-refractivity contribution in [2.45, 2.75) is 0 Å². The third-order valence-electron chi connectivity index (χ3n) is 0. The van der Waals surface area contributed by atoms with Gasteiger partial charge in [0.05, 0.1) is 0 Å². The molecule has 0 bridgehead atoms. The molecule has 0 aromatic rings. The fourth-order valence-electron chi connectivity index (χ4n) is 0. The molecule has 0 saturated heterocycles. The minimum Gasteiger partial charge on any atom is -1.00 e. The molecule has 8 heteroatoms. The fourth-order valence-corrected chi connectivity index (χ4v) is 0. The molecule has 0 fully saturated rings. The zero-order valence-corrected chi connectivity index (χ0v) is 6.58. The van der Waals surface area contributed by atoms with Gasteiger partial charge in [0.1, 0.15) is 0 Å². The van der Waals surface area contributed by atoms with E-state index in [1.54, 1.807) is 0 Å². The molecule has 0 atom stereocenters. The Hall–Kier alpha value is 1.97. The molecule has 3 N–H and O–H groups in total. The molecule has 4 nitrogen and oxygen atoms in total. The van der Waals surface area contributed by atoms with Crippen LogP contribution >= 0.6 is 7.82 Å². The average molecular weight is 181 g/mol. The average Bonchev–Trinajstić information content (AvgIpc) is 0.722. The second kappa shape index (κ2) is 8.97. The van der Waals surface area contributed by atoms with Crippen molar-refractivity contribution in [3.63, 3.8) is 0 Å². The Morgan fingerprint density at radius 1 is 1.25 bits per heavy atom. The van der Waals surface area contributed by atoms with Crippen molar-refractivity contribution in [2.75, 3.05) is 0 Å². The zero-order valence-electron chi connectivity index (χ0n) is 5.48. The molecular weight excluding hydrogens is 173 g/mol. The largest absolute Gasteiger partial charge is 2.00 e. The van der Waals surface area contributed by atoms with E-state index in [2.05, 4.69) is 0 Å². The Balaban J connectivity index is -0.00000000800. The Kier molecular flexibility index (Phi) is 25.2. The molecule has 0 aliphatic carbocycles. The van der Waals surface area contributed by atoms with Gasteiger partial charge in [-0.15, -0.1) is 0 Å². The maximum atomic E-state index is 8.88. The van der Waals surface area contributed by atoms with Crippen LogP contribution < -0.4 is 0 Å². The Labute approximate surface area is 92.6 Å². The molecule has 0 saturated carbocycles. The zero-order chi connectivity index (χ0) is 4.50. The first-order valence-electron chi connectivity index (χ1n) is 0.783. The summed E-state index contributed by atoms with van der Waals surface area (Å²) in [6.07, 6.45) is 0. The number of rotatable bonds is 0. The molecule has 0 aromatic carbocycles. The third-order valence-corrected chi connectivity index (χ3v) is 0. The van der Waals surface area contributed by atoms with Crippen molar-refractivity contribution in [1.29, 1.82) is 0 Å². The van der Waals surface area contributed by atoms with E-state index in [1.807, 2.05) is 0 Å². The molecular formula is H8AlBCaO4P. The second-order valence-corrected chi connectivity index (χ2v) is 1.54. The SMILES string of the molecule is O=P(O)(O)O.[AlH3].[B].[Ca+2].[H-].[H-]. The van der Waals surface area contributed by atoms with Crippen molar-refractivity contribution in [1.82, 2.24) is 0 Å². The predicted molar refractivity (Wildman–Crippen MR) is 37.9 cm³/mol. The summed E-state index contributed by atoms with van der Waals surface area (Å²) in [4.78, 5) is 21.6. The molecule has 0 aliphatic heterocycles. The minimum absolute atomic E-state index is 0. The smallest absolute Gasteiger partial charge is 1.00 e. The fraction of sp³-hybridized carbons (Fsp3) is 0. The normalized spacial score (nSPS) is 7.38. The van der Waals surface area contributed by atoms with Crippen LogP contribution in [0.3, 0.4) is 0 Å². The van der Waals surface area contributed by atoms with E-state index in [-0.39, 0.29) is 66.4 Å². The monoisotopic (exact) mass is 181 g/mol. The van der Waals surface area contributed by atoms with Crippen LogP contribution in [-0.2, 0) is 4.57 Å². The summed E-state index contributed by atoms with van der Waals surface area (Å²) in [5.41, 5.74) is 0. The van der Waals surface area contributed by atoms with Crippen molar-refractivity contribution < 1.29 is 22.1 Å². The van der Waals surface area contributed by atoms with Crippen molar-refractivity contribution >= 4 is 71.3 Å². The van der Waals surface area contributed by atoms with Gasteiger partial charge in [-0.3, -0.25) is 0 Å². The topological polar surface area (TPSA) is 77.8 Å². The Morgan fingerprint density at radius 2 is 1.25 bits per heavy atom. The maximum absolute atomic E-state index is 8.88. The van der Waals surface area contributed by atoms with Gasteiger partial charge in [-0.2, -0.15) is 0 Å². The Morgan fingerprint density at radius 3 is 1.25 bits per heavy atom. The minimum atomic E-state index is -4.64. The third kappa shape index (κ3) is 99.9. The number of hydrogen-bond donors (Lipinski definition) is 3. The van der Waals surface area contributed by atoms with Gasteiger partial charge >= 0.3 is 45.6 Å². The summed E-state index contributed by atoms with van der Waals surface area (Å²) in [6.45, 7) is 0. The van der Waals surface area contributed by atoms with E-state index >= 15 is 0 Å². The van der Waals surface area contributed by atoms with Crippen LogP contribution in [0.2, 0.25) is 0 Å². The standard InChI is InChI=1S/Al.B.Ca.H3O4P.5H/c;;;1-5(2,3)4;;;;;/h;;;(H3,1,2,3,4);;;;;/q;;+2;;;;;2*-1. The molecule has 0 rings (SSSR count). The molecule has 8 heavy (non-hydrogen) atoms. The van der Waals surface area contributed by atoms with E-state index in [0.29, 0.717) is 0 Å². The molecule has 0 amide bonds. The molecule has 0 heterocycles. The summed E-state index contributed by atoms with van der Waals surface area (Å²) in [5, 5.41) is 0. The summed E-state index contributed by atoms with van der Waals surface area (Å²) in [7, 11) is -4.64. The van der Waals surface area contributed by atoms with E-state index in [0.717, 1.165) is 0 Å². The van der Waals surface area contributed by atoms with Crippen LogP contribution in [-0.4, -0.2) is 78.2 Å². The van der Waals surface area contributed by atoms with Gasteiger partial charge in [0, 0.05) is 8.41 Å². The first kappa shape index (κ1) is 22.5. The van der Waals surface area contributed by atoms with Crippen LogP contribution in [0.5, 0.6) is 0 Å². The second-order valence-electron chi connectivity index (χ2n) is 0.513. The van der Waals surface area contributed by atoms with Gasteiger partial charge in [0.2, 0.25) is 0 Å². The molecule has 3 radical (unpaired) electrons. The van der Waals surface area contributed by atoms with Crippen molar-refractivity contribution in [3.8, 4) is 0 Å². The van der Waals surface area contributed by atoms with Gasteiger partial charge in [0.25, 0.3) is 0 Å². The number of phosphoric acid groups is 1. The summed E-state index contributed by atoms with van der Waals surface area (Å²) in [5.74, 6) is 0. The molecule has 0 aliphatic rings. The van der Waals surface area contributed by atoms with Crippen LogP contribution in [0.25, 0.3) is 0 Å². The summed E-state index contributed by atoms with van der Waals surface area (Å²) in [6, 6.07) is 0. The maximum Gasteiger partial charge on any atom is 2.00 e. The molecule has 45 valence electrons. The number of hydrogen-bond acceptors (Lipinski definition) is 1. The van der Waals surface area contributed by atoms with E-state index < -0.39 is 7.82 Å². The van der Waals surface area contributed by atoms with Crippen molar-refractivity contribution in [3.05, 3.63) is 0 Å². The van der Waals surface area contributed by atoms with E-state index in [1.165, 1.54) is 0 Å². The van der Waals surface area contributed by atoms with Gasteiger partial charge < -0.3 is 17.5 Å². The Bertz CT molecular complexity index is 69.4. The molecule has 0 aromatic heterocycles. The molecule has 0 spiro atoms. The van der Waals surface area contributed by atoms with Crippen LogP contribution in [0, 0.1) is 0 Å². The van der Waals surface area contributed by atoms with E-state index in [9.17, 15) is 0 Å². The van der Waals surface area contributed by atoms with Crippen LogP contribution in [0.1, 0.15) is 2.85 Å².